The molecule has 0 saturated heterocycles. The van der Waals surface area contributed by atoms with Gasteiger partial charge in [0, 0.05) is 5.69 Å². The van der Waals surface area contributed by atoms with E-state index in [1.807, 2.05) is 0 Å². The molecule has 0 aliphatic rings. The highest BCUT2D eigenvalue weighted by atomic mass is 35.5. The summed E-state index contributed by atoms with van der Waals surface area (Å²) in [5, 5.41) is 1.71. The predicted molar refractivity (Wildman–Crippen MR) is 50.9 cm³/mol. The lowest BCUT2D eigenvalue weighted by Gasteiger charge is -2.12. The largest absolute Gasteiger partial charge is 0.417 e. The molecule has 0 heterocycles. The van der Waals surface area contributed by atoms with Gasteiger partial charge in [0.05, 0.1) is 17.1 Å². The first kappa shape index (κ1) is 13.0. The summed E-state index contributed by atoms with van der Waals surface area (Å²) in [6, 6.07) is 2.92. The maximum atomic E-state index is 12.4. The number of nitrogens with one attached hydrogen (secondary N) is 1. The van der Waals surface area contributed by atoms with Gasteiger partial charge in [-0.15, -0.1) is 0 Å². The molecule has 1 aromatic carbocycles. The Hall–Kier alpha value is -1.04. The molecule has 0 unspecified atom stereocenters. The average Bonchev–Trinajstić information content (AvgIpc) is 2.14. The zero-order chi connectivity index (χ0) is 12.3. The van der Waals surface area contributed by atoms with E-state index >= 15 is 0 Å². The van der Waals surface area contributed by atoms with Crippen molar-refractivity contribution in [3.05, 3.63) is 28.8 Å². The van der Waals surface area contributed by atoms with Gasteiger partial charge in [0.25, 0.3) is 6.43 Å². The molecular weight excluding hydrogens is 253 g/mol. The van der Waals surface area contributed by atoms with Crippen LogP contribution in [0.25, 0.3) is 0 Å². The Bertz CT molecular complexity index is 363. The van der Waals surface area contributed by atoms with Crippen LogP contribution < -0.4 is 5.32 Å². The summed E-state index contributed by atoms with van der Waals surface area (Å²) in [6.07, 6.45) is -7.23. The van der Waals surface area contributed by atoms with Crippen LogP contribution in [0.3, 0.4) is 0 Å². The molecule has 1 aromatic rings. The van der Waals surface area contributed by atoms with Crippen LogP contribution in [0.2, 0.25) is 5.02 Å². The fraction of sp³-hybridized carbons (Fsp3) is 0.333. The van der Waals surface area contributed by atoms with E-state index in [2.05, 4.69) is 5.32 Å². The molecule has 0 bridgehead atoms. The van der Waals surface area contributed by atoms with Crippen LogP contribution in [-0.2, 0) is 6.18 Å². The van der Waals surface area contributed by atoms with E-state index in [0.717, 1.165) is 6.07 Å². The van der Waals surface area contributed by atoms with Gasteiger partial charge in [-0.1, -0.05) is 11.6 Å². The van der Waals surface area contributed by atoms with Gasteiger partial charge in [-0.05, 0) is 18.2 Å². The molecule has 16 heavy (non-hydrogen) atoms. The van der Waals surface area contributed by atoms with E-state index < -0.39 is 29.7 Å². The summed E-state index contributed by atoms with van der Waals surface area (Å²) in [6.45, 7) is -0.709. The third-order valence-corrected chi connectivity index (χ3v) is 2.06. The average molecular weight is 260 g/mol. The molecule has 0 atom stereocenters. The lowest BCUT2D eigenvalue weighted by molar-refractivity contribution is -0.137. The Morgan fingerprint density at radius 1 is 1.25 bits per heavy atom. The predicted octanol–water partition coefficient (Wildman–Crippen LogP) is 4.04. The van der Waals surface area contributed by atoms with Crippen molar-refractivity contribution in [1.29, 1.82) is 0 Å². The minimum absolute atomic E-state index is 0.0444. The van der Waals surface area contributed by atoms with Gasteiger partial charge in [-0.3, -0.25) is 0 Å². The maximum Gasteiger partial charge on any atom is 0.417 e. The number of alkyl halides is 5. The highest BCUT2D eigenvalue weighted by Crippen LogP contribution is 2.36. The van der Waals surface area contributed by atoms with Gasteiger partial charge in [0.1, 0.15) is 0 Å². The summed E-state index contributed by atoms with van der Waals surface area (Å²) < 4.78 is 60.7. The summed E-state index contributed by atoms with van der Waals surface area (Å²) >= 11 is 5.35. The topological polar surface area (TPSA) is 12.0 Å². The number of hydrogen-bond acceptors (Lipinski definition) is 1. The van der Waals surface area contributed by atoms with Crippen molar-refractivity contribution < 1.29 is 22.0 Å². The van der Waals surface area contributed by atoms with Crippen LogP contribution in [0.5, 0.6) is 0 Å². The van der Waals surface area contributed by atoms with Crippen LogP contribution in [-0.4, -0.2) is 13.0 Å². The number of hydrogen-bond donors (Lipinski definition) is 1. The molecule has 0 aliphatic carbocycles. The van der Waals surface area contributed by atoms with E-state index in [-0.39, 0.29) is 5.69 Å². The third kappa shape index (κ3) is 3.52. The van der Waals surface area contributed by atoms with Gasteiger partial charge in [0.2, 0.25) is 0 Å². The highest BCUT2D eigenvalue weighted by Gasteiger charge is 2.33. The molecule has 1 nitrogen and oxygen atoms in total. The Balaban J connectivity index is 2.90. The number of anilines is 1. The van der Waals surface area contributed by atoms with Crippen LogP contribution in [0.1, 0.15) is 5.56 Å². The van der Waals surface area contributed by atoms with Crippen LogP contribution in [0.4, 0.5) is 27.6 Å². The Morgan fingerprint density at radius 2 is 1.88 bits per heavy atom. The summed E-state index contributed by atoms with van der Waals surface area (Å²) in [4.78, 5) is 0. The van der Waals surface area contributed by atoms with Crippen molar-refractivity contribution in [2.75, 3.05) is 11.9 Å². The molecular formula is C9H7ClF5N. The lowest BCUT2D eigenvalue weighted by Crippen LogP contribution is -2.12. The molecule has 0 aliphatic heterocycles. The van der Waals surface area contributed by atoms with E-state index in [4.69, 9.17) is 11.6 Å². The van der Waals surface area contributed by atoms with Crippen molar-refractivity contribution in [3.8, 4) is 0 Å². The van der Waals surface area contributed by atoms with Gasteiger partial charge in [0.15, 0.2) is 0 Å². The van der Waals surface area contributed by atoms with Crippen molar-refractivity contribution >= 4 is 17.3 Å². The first-order valence-corrected chi connectivity index (χ1v) is 4.57. The normalized spacial score (nSPS) is 11.9. The van der Waals surface area contributed by atoms with Crippen LogP contribution >= 0.6 is 11.6 Å². The summed E-state index contributed by atoms with van der Waals surface area (Å²) in [5.74, 6) is 0. The van der Waals surface area contributed by atoms with E-state index in [1.165, 1.54) is 6.07 Å². The molecule has 0 fully saturated rings. The van der Waals surface area contributed by atoms with E-state index in [0.29, 0.717) is 6.07 Å². The number of benzene rings is 1. The summed E-state index contributed by atoms with van der Waals surface area (Å²) in [5.41, 5.74) is -1.09. The molecule has 0 saturated carbocycles. The quantitative estimate of drug-likeness (QED) is 0.808. The number of rotatable bonds is 3. The Kier molecular flexibility index (Phi) is 3.96. The zero-order valence-corrected chi connectivity index (χ0v) is 8.54. The minimum Gasteiger partial charge on any atom is -0.379 e. The molecule has 0 aromatic heterocycles. The van der Waals surface area contributed by atoms with Crippen LogP contribution in [0.15, 0.2) is 18.2 Å². The zero-order valence-electron chi connectivity index (χ0n) is 7.78. The van der Waals surface area contributed by atoms with Gasteiger partial charge in [-0.2, -0.15) is 13.2 Å². The third-order valence-electron chi connectivity index (χ3n) is 1.73. The smallest absolute Gasteiger partial charge is 0.379 e. The fourth-order valence-electron chi connectivity index (χ4n) is 1.05. The SMILES string of the molecule is FC(F)CNc1ccc(Cl)c(C(F)(F)F)c1. The standard InChI is InChI=1S/C9H7ClF5N/c10-7-2-1-5(16-4-8(11)12)3-6(7)9(13,14)15/h1-3,8,16H,4H2. The molecule has 90 valence electrons. The second-order valence-electron chi connectivity index (χ2n) is 2.96. The molecule has 0 spiro atoms. The minimum atomic E-state index is -4.60. The maximum absolute atomic E-state index is 12.4. The van der Waals surface area contributed by atoms with E-state index in [1.54, 1.807) is 0 Å². The summed E-state index contributed by atoms with van der Waals surface area (Å²) in [7, 11) is 0. The fourth-order valence-corrected chi connectivity index (χ4v) is 1.27. The lowest BCUT2D eigenvalue weighted by atomic mass is 10.2. The monoisotopic (exact) mass is 259 g/mol. The first-order valence-electron chi connectivity index (χ1n) is 4.19. The van der Waals surface area contributed by atoms with Crippen molar-refractivity contribution in [2.45, 2.75) is 12.6 Å². The molecule has 7 heteroatoms. The van der Waals surface area contributed by atoms with Gasteiger partial charge < -0.3 is 5.32 Å². The molecule has 1 N–H and O–H groups in total. The van der Waals surface area contributed by atoms with E-state index in [9.17, 15) is 22.0 Å². The van der Waals surface area contributed by atoms with Gasteiger partial charge >= 0.3 is 6.18 Å². The van der Waals surface area contributed by atoms with Crippen molar-refractivity contribution in [1.82, 2.24) is 0 Å². The molecule has 0 radical (unpaired) electrons. The van der Waals surface area contributed by atoms with Crippen molar-refractivity contribution in [2.24, 2.45) is 0 Å². The van der Waals surface area contributed by atoms with Gasteiger partial charge in [-0.25, -0.2) is 8.78 Å². The number of halogens is 6. The first-order chi connectivity index (χ1) is 7.30. The Labute approximate surface area is 93.2 Å². The van der Waals surface area contributed by atoms with Crippen LogP contribution in [0, 0.1) is 0 Å². The molecule has 0 amide bonds. The van der Waals surface area contributed by atoms with Crippen molar-refractivity contribution in [3.63, 3.8) is 0 Å². The molecule has 1 rings (SSSR count). The Morgan fingerprint density at radius 3 is 2.38 bits per heavy atom. The highest BCUT2D eigenvalue weighted by molar-refractivity contribution is 6.31. The second-order valence-corrected chi connectivity index (χ2v) is 3.37. The second kappa shape index (κ2) is 4.86.